The molecule has 0 saturated carbocycles. The number of hydrogen-bond acceptors (Lipinski definition) is 2. The van der Waals surface area contributed by atoms with Gasteiger partial charge in [0.05, 0.1) is 10.0 Å². The van der Waals surface area contributed by atoms with E-state index in [0.29, 0.717) is 0 Å². The smallest absolute Gasteiger partial charge is 0.0935 e. The lowest BCUT2D eigenvalue weighted by atomic mass is 10.3. The van der Waals surface area contributed by atoms with Gasteiger partial charge in [-0.1, -0.05) is 11.6 Å². The van der Waals surface area contributed by atoms with Crippen molar-refractivity contribution >= 4 is 57.4 Å². The lowest BCUT2D eigenvalue weighted by Crippen LogP contribution is -1.72. The Morgan fingerprint density at radius 3 is 2.47 bits per heavy atom. The molecule has 0 spiro atoms. The van der Waals surface area contributed by atoms with Crippen LogP contribution in [0.4, 0.5) is 5.69 Å². The molecular weight excluding hydrogens is 341 g/mol. The van der Waals surface area contributed by atoms with E-state index in [1.165, 1.54) is 14.9 Å². The monoisotopic (exact) mass is 347 g/mol. The van der Waals surface area contributed by atoms with Crippen molar-refractivity contribution in [3.8, 4) is 0 Å². The van der Waals surface area contributed by atoms with Gasteiger partial charge >= 0.3 is 0 Å². The van der Waals surface area contributed by atoms with Crippen molar-refractivity contribution in [1.29, 1.82) is 0 Å². The van der Waals surface area contributed by atoms with E-state index >= 15 is 0 Å². The van der Waals surface area contributed by atoms with Crippen molar-refractivity contribution < 1.29 is 0 Å². The second kappa shape index (κ2) is 5.09. The number of halogens is 2. The van der Waals surface area contributed by atoms with Crippen LogP contribution in [0.3, 0.4) is 0 Å². The SMILES string of the molecule is Clc1ccc(C=Nc2ccc(I)cc2)s1. The molecule has 0 radical (unpaired) electrons. The van der Waals surface area contributed by atoms with Gasteiger partial charge in [-0.2, -0.15) is 0 Å². The van der Waals surface area contributed by atoms with Gasteiger partial charge in [-0.15, -0.1) is 11.3 Å². The van der Waals surface area contributed by atoms with Gasteiger partial charge in [0.25, 0.3) is 0 Å². The standard InChI is InChI=1S/C11H7ClINS/c12-11-6-5-10(15-11)7-14-9-3-1-8(13)2-4-9/h1-7H. The molecule has 0 aliphatic rings. The maximum absolute atomic E-state index is 5.82. The molecular formula is C11H7ClINS. The third-order valence-corrected chi connectivity index (χ3v) is 3.65. The molecule has 76 valence electrons. The Balaban J connectivity index is 2.14. The zero-order valence-electron chi connectivity index (χ0n) is 7.65. The Kier molecular flexibility index (Phi) is 3.77. The van der Waals surface area contributed by atoms with Gasteiger partial charge in [0.2, 0.25) is 0 Å². The molecule has 1 aromatic heterocycles. The first kappa shape index (κ1) is 11.1. The molecule has 0 bridgehead atoms. The highest BCUT2D eigenvalue weighted by Crippen LogP contribution is 2.21. The summed E-state index contributed by atoms with van der Waals surface area (Å²) in [7, 11) is 0. The highest BCUT2D eigenvalue weighted by molar-refractivity contribution is 14.1. The molecule has 2 rings (SSSR count). The summed E-state index contributed by atoms with van der Waals surface area (Å²) in [4.78, 5) is 5.42. The lowest BCUT2D eigenvalue weighted by molar-refractivity contribution is 1.52. The van der Waals surface area contributed by atoms with E-state index in [0.717, 1.165) is 14.9 Å². The van der Waals surface area contributed by atoms with Crippen molar-refractivity contribution in [1.82, 2.24) is 0 Å². The van der Waals surface area contributed by atoms with Crippen molar-refractivity contribution in [2.24, 2.45) is 4.99 Å². The highest BCUT2D eigenvalue weighted by atomic mass is 127. The van der Waals surface area contributed by atoms with Crippen LogP contribution >= 0.6 is 45.5 Å². The molecule has 0 aliphatic carbocycles. The first-order valence-corrected chi connectivity index (χ1v) is 6.56. The molecule has 4 heteroatoms. The van der Waals surface area contributed by atoms with Gasteiger partial charge < -0.3 is 0 Å². The van der Waals surface area contributed by atoms with Crippen LogP contribution < -0.4 is 0 Å². The second-order valence-electron chi connectivity index (χ2n) is 2.88. The fourth-order valence-corrected chi connectivity index (χ4v) is 2.36. The van der Waals surface area contributed by atoms with Gasteiger partial charge in [0.15, 0.2) is 0 Å². The third-order valence-electron chi connectivity index (χ3n) is 1.76. The number of benzene rings is 1. The van der Waals surface area contributed by atoms with Gasteiger partial charge in [-0.3, -0.25) is 4.99 Å². The average molecular weight is 348 g/mol. The molecule has 15 heavy (non-hydrogen) atoms. The summed E-state index contributed by atoms with van der Waals surface area (Å²) in [6, 6.07) is 11.9. The van der Waals surface area contributed by atoms with Gasteiger partial charge in [-0.05, 0) is 59.0 Å². The van der Waals surface area contributed by atoms with Crippen LogP contribution in [0.25, 0.3) is 0 Å². The van der Waals surface area contributed by atoms with Crippen LogP contribution in [-0.4, -0.2) is 6.21 Å². The fourth-order valence-electron chi connectivity index (χ4n) is 1.06. The van der Waals surface area contributed by atoms with Crippen LogP contribution in [0.5, 0.6) is 0 Å². The minimum Gasteiger partial charge on any atom is -0.255 e. The molecule has 0 amide bonds. The predicted octanol–water partition coefficient (Wildman–Crippen LogP) is 4.76. The van der Waals surface area contributed by atoms with Gasteiger partial charge in [-0.25, -0.2) is 0 Å². The number of aliphatic imine (C=N–C) groups is 1. The normalized spacial score (nSPS) is 11.1. The Hall–Kier alpha value is -0.390. The summed E-state index contributed by atoms with van der Waals surface area (Å²) in [5, 5.41) is 0. The first-order valence-electron chi connectivity index (χ1n) is 4.29. The van der Waals surface area contributed by atoms with E-state index in [4.69, 9.17) is 11.6 Å². The summed E-state index contributed by atoms with van der Waals surface area (Å²) in [6.07, 6.45) is 1.83. The van der Waals surface area contributed by atoms with Crippen LogP contribution in [0.1, 0.15) is 4.88 Å². The Morgan fingerprint density at radius 1 is 1.13 bits per heavy atom. The van der Waals surface area contributed by atoms with E-state index in [1.807, 2.05) is 42.6 Å². The number of thiophene rings is 1. The van der Waals surface area contributed by atoms with Gasteiger partial charge in [0, 0.05) is 14.7 Å². The average Bonchev–Trinajstić information content (AvgIpc) is 2.64. The molecule has 1 heterocycles. The summed E-state index contributed by atoms with van der Waals surface area (Å²) in [5.74, 6) is 0. The molecule has 0 aliphatic heterocycles. The predicted molar refractivity (Wildman–Crippen MR) is 75.7 cm³/mol. The van der Waals surface area contributed by atoms with E-state index in [2.05, 4.69) is 27.6 Å². The largest absolute Gasteiger partial charge is 0.255 e. The zero-order valence-corrected chi connectivity index (χ0v) is 11.4. The first-order chi connectivity index (χ1) is 7.24. The number of hydrogen-bond donors (Lipinski definition) is 0. The van der Waals surface area contributed by atoms with Gasteiger partial charge in [0.1, 0.15) is 0 Å². The fraction of sp³-hybridized carbons (Fsp3) is 0. The quantitative estimate of drug-likeness (QED) is 0.549. The molecule has 0 fully saturated rings. The Morgan fingerprint density at radius 2 is 1.87 bits per heavy atom. The van der Waals surface area contributed by atoms with Crippen LogP contribution in [0, 0.1) is 3.57 Å². The van der Waals surface area contributed by atoms with Crippen molar-refractivity contribution in [2.45, 2.75) is 0 Å². The molecule has 1 aromatic carbocycles. The van der Waals surface area contributed by atoms with Crippen molar-refractivity contribution in [2.75, 3.05) is 0 Å². The maximum Gasteiger partial charge on any atom is 0.0935 e. The van der Waals surface area contributed by atoms with E-state index in [9.17, 15) is 0 Å². The summed E-state index contributed by atoms with van der Waals surface area (Å²) >= 11 is 9.62. The molecule has 2 aromatic rings. The highest BCUT2D eigenvalue weighted by Gasteiger charge is 1.93. The third kappa shape index (κ3) is 3.29. The minimum atomic E-state index is 0.791. The Bertz CT molecular complexity index is 476. The van der Waals surface area contributed by atoms with E-state index < -0.39 is 0 Å². The van der Waals surface area contributed by atoms with Crippen molar-refractivity contribution in [3.63, 3.8) is 0 Å². The molecule has 0 unspecified atom stereocenters. The second-order valence-corrected chi connectivity index (χ2v) is 5.87. The molecule has 0 atom stereocenters. The van der Waals surface area contributed by atoms with E-state index in [1.54, 1.807) is 0 Å². The molecule has 0 N–H and O–H groups in total. The summed E-state index contributed by atoms with van der Waals surface area (Å²) < 4.78 is 2.00. The Labute approximate surface area is 111 Å². The van der Waals surface area contributed by atoms with Crippen LogP contribution in [-0.2, 0) is 0 Å². The molecule has 1 nitrogen and oxygen atoms in total. The van der Waals surface area contributed by atoms with E-state index in [-0.39, 0.29) is 0 Å². The number of rotatable bonds is 2. The summed E-state index contributed by atoms with van der Waals surface area (Å²) in [6.45, 7) is 0. The summed E-state index contributed by atoms with van der Waals surface area (Å²) in [5.41, 5.74) is 0.958. The lowest BCUT2D eigenvalue weighted by Gasteiger charge is -1.92. The maximum atomic E-state index is 5.82. The van der Waals surface area contributed by atoms with Crippen molar-refractivity contribution in [3.05, 3.63) is 49.2 Å². The minimum absolute atomic E-state index is 0.791. The molecule has 0 saturated heterocycles. The topological polar surface area (TPSA) is 12.4 Å². The van der Waals surface area contributed by atoms with Crippen LogP contribution in [0.15, 0.2) is 41.4 Å². The zero-order chi connectivity index (χ0) is 10.7. The van der Waals surface area contributed by atoms with Crippen LogP contribution in [0.2, 0.25) is 4.34 Å². The number of nitrogens with zero attached hydrogens (tertiary/aromatic N) is 1.